The predicted molar refractivity (Wildman–Crippen MR) is 102 cm³/mol. The first-order valence-corrected chi connectivity index (χ1v) is 11.9. The van der Waals surface area contributed by atoms with Crippen molar-refractivity contribution >= 4 is 15.9 Å². The number of carbonyl (C=O) groups is 1. The number of ether oxygens (including phenoxy) is 1. The van der Waals surface area contributed by atoms with Gasteiger partial charge in [0.15, 0.2) is 0 Å². The molecule has 7 heteroatoms. The van der Waals surface area contributed by atoms with Gasteiger partial charge in [-0.15, -0.1) is 0 Å². The topological polar surface area (TPSA) is 72.5 Å². The molecule has 0 bridgehead atoms. The maximum Gasteiger partial charge on any atom is 0.267 e. The summed E-state index contributed by atoms with van der Waals surface area (Å²) in [7, 11) is -3.70. The fraction of sp³-hybridized carbons (Fsp3) is 0.667. The number of halogens is 1. The van der Waals surface area contributed by atoms with Crippen LogP contribution < -0.4 is 9.46 Å². The van der Waals surface area contributed by atoms with Crippen molar-refractivity contribution in [3.63, 3.8) is 0 Å². The van der Waals surface area contributed by atoms with E-state index in [9.17, 15) is 17.6 Å². The van der Waals surface area contributed by atoms with Crippen LogP contribution in [-0.2, 0) is 10.0 Å². The second kappa shape index (κ2) is 6.44. The molecule has 0 aromatic heterocycles. The minimum absolute atomic E-state index is 0.210. The lowest BCUT2D eigenvalue weighted by atomic mass is 9.89. The minimum Gasteiger partial charge on any atom is -0.493 e. The van der Waals surface area contributed by atoms with Crippen LogP contribution in [0.4, 0.5) is 4.39 Å². The molecule has 0 heterocycles. The summed E-state index contributed by atoms with van der Waals surface area (Å²) >= 11 is 0. The molecule has 152 valence electrons. The van der Waals surface area contributed by atoms with Crippen molar-refractivity contribution in [1.29, 1.82) is 0 Å². The summed E-state index contributed by atoms with van der Waals surface area (Å²) in [5.41, 5.74) is 0.891. The third kappa shape index (κ3) is 3.42. The molecule has 0 radical (unpaired) electrons. The molecule has 0 aliphatic heterocycles. The van der Waals surface area contributed by atoms with Gasteiger partial charge in [-0.1, -0.05) is 12.8 Å². The largest absolute Gasteiger partial charge is 0.493 e. The molecule has 5 nitrogen and oxygen atoms in total. The van der Waals surface area contributed by atoms with Gasteiger partial charge < -0.3 is 4.74 Å². The average molecular weight is 408 g/mol. The van der Waals surface area contributed by atoms with Crippen molar-refractivity contribution in [3.05, 3.63) is 29.1 Å². The van der Waals surface area contributed by atoms with E-state index < -0.39 is 27.0 Å². The summed E-state index contributed by atoms with van der Waals surface area (Å²) in [6, 6.07) is 2.78. The van der Waals surface area contributed by atoms with E-state index in [1.165, 1.54) is 44.2 Å². The van der Waals surface area contributed by atoms with Gasteiger partial charge in [0.2, 0.25) is 10.0 Å². The number of benzene rings is 1. The zero-order valence-electron chi connectivity index (χ0n) is 15.9. The SMILES string of the molecule is O=C(NS(=O)(=O)C1CC1)c1cc(C2CC2)c(OCC23CCCCC2C3)cc1F. The van der Waals surface area contributed by atoms with E-state index >= 15 is 0 Å². The Labute approximate surface area is 165 Å². The summed E-state index contributed by atoms with van der Waals surface area (Å²) in [6.45, 7) is 0.610. The van der Waals surface area contributed by atoms with Crippen molar-refractivity contribution in [2.45, 2.75) is 69.0 Å². The Morgan fingerprint density at radius 1 is 1.18 bits per heavy atom. The molecule has 4 aliphatic carbocycles. The van der Waals surface area contributed by atoms with Crippen molar-refractivity contribution in [2.24, 2.45) is 11.3 Å². The Balaban J connectivity index is 1.35. The van der Waals surface area contributed by atoms with Gasteiger partial charge in [0.1, 0.15) is 11.6 Å². The summed E-state index contributed by atoms with van der Waals surface area (Å²) in [5.74, 6) is -0.0798. The minimum atomic E-state index is -3.70. The van der Waals surface area contributed by atoms with Gasteiger partial charge in [-0.3, -0.25) is 4.79 Å². The highest BCUT2D eigenvalue weighted by Crippen LogP contribution is 2.61. The van der Waals surface area contributed by atoms with Crippen molar-refractivity contribution in [1.82, 2.24) is 4.72 Å². The lowest BCUT2D eigenvalue weighted by Gasteiger charge is -2.23. The Bertz CT molecular complexity index is 923. The van der Waals surface area contributed by atoms with Gasteiger partial charge in [0.05, 0.1) is 17.4 Å². The second-order valence-electron chi connectivity index (χ2n) is 9.12. The molecule has 1 N–H and O–H groups in total. The van der Waals surface area contributed by atoms with Crippen LogP contribution in [0.1, 0.15) is 79.6 Å². The zero-order chi connectivity index (χ0) is 19.5. The summed E-state index contributed by atoms with van der Waals surface area (Å²) in [6.07, 6.45) is 9.24. The van der Waals surface area contributed by atoms with Gasteiger partial charge >= 0.3 is 0 Å². The van der Waals surface area contributed by atoms with E-state index in [-0.39, 0.29) is 16.9 Å². The molecule has 2 unspecified atom stereocenters. The molecule has 5 rings (SSSR count). The zero-order valence-corrected chi connectivity index (χ0v) is 16.7. The van der Waals surface area contributed by atoms with Crippen molar-refractivity contribution in [3.8, 4) is 5.75 Å². The number of carbonyl (C=O) groups excluding carboxylic acids is 1. The first-order chi connectivity index (χ1) is 13.4. The van der Waals surface area contributed by atoms with Crippen LogP contribution in [0.25, 0.3) is 0 Å². The fourth-order valence-corrected chi connectivity index (χ4v) is 6.01. The molecule has 1 amide bonds. The maximum atomic E-state index is 14.7. The molecular formula is C21H26FNO4S. The van der Waals surface area contributed by atoms with Crippen LogP contribution in [-0.4, -0.2) is 26.2 Å². The van der Waals surface area contributed by atoms with Crippen LogP contribution in [0.5, 0.6) is 5.75 Å². The standard InChI is InChI=1S/C21H26FNO4S/c22-18-10-19(27-12-21-8-2-1-3-14(21)11-21)16(13-4-5-13)9-17(18)20(24)23-28(25,26)15-6-7-15/h9-10,13-15H,1-8,11-12H2,(H,23,24). The maximum absolute atomic E-state index is 14.7. The Morgan fingerprint density at radius 2 is 1.96 bits per heavy atom. The van der Waals surface area contributed by atoms with E-state index in [0.29, 0.717) is 25.2 Å². The van der Waals surface area contributed by atoms with E-state index in [0.717, 1.165) is 24.3 Å². The van der Waals surface area contributed by atoms with E-state index in [1.54, 1.807) is 0 Å². The molecule has 1 aromatic rings. The van der Waals surface area contributed by atoms with E-state index in [4.69, 9.17) is 4.74 Å². The highest BCUT2D eigenvalue weighted by atomic mass is 32.2. The quantitative estimate of drug-likeness (QED) is 0.744. The highest BCUT2D eigenvalue weighted by molar-refractivity contribution is 7.91. The van der Waals surface area contributed by atoms with Crippen molar-refractivity contribution < 1.29 is 22.3 Å². The third-order valence-corrected chi connectivity index (χ3v) is 8.73. The molecule has 28 heavy (non-hydrogen) atoms. The molecule has 4 aliphatic rings. The van der Waals surface area contributed by atoms with Gasteiger partial charge in [-0.2, -0.15) is 0 Å². The lowest BCUT2D eigenvalue weighted by molar-refractivity contribution is 0.0977. The van der Waals surface area contributed by atoms with Gasteiger partial charge in [0, 0.05) is 11.5 Å². The molecule has 0 saturated heterocycles. The normalized spacial score (nSPS) is 29.1. The Morgan fingerprint density at radius 3 is 2.64 bits per heavy atom. The Hall–Kier alpha value is -1.63. The summed E-state index contributed by atoms with van der Waals surface area (Å²) < 4.78 is 46.9. The number of hydrogen-bond donors (Lipinski definition) is 1. The van der Waals surface area contributed by atoms with Gasteiger partial charge in [0.25, 0.3) is 5.91 Å². The molecule has 2 atom stereocenters. The number of sulfonamides is 1. The summed E-state index contributed by atoms with van der Waals surface area (Å²) in [5, 5.41) is -0.522. The van der Waals surface area contributed by atoms with Crippen LogP contribution in [0, 0.1) is 17.2 Å². The molecule has 4 fully saturated rings. The lowest BCUT2D eigenvalue weighted by Crippen LogP contribution is -2.33. The first-order valence-electron chi connectivity index (χ1n) is 10.4. The average Bonchev–Trinajstić information content (AvgIpc) is 3.54. The van der Waals surface area contributed by atoms with E-state index in [1.807, 2.05) is 4.72 Å². The van der Waals surface area contributed by atoms with Crippen molar-refractivity contribution in [2.75, 3.05) is 6.61 Å². The first kappa shape index (κ1) is 18.4. The number of amides is 1. The van der Waals surface area contributed by atoms with Crippen LogP contribution in [0.3, 0.4) is 0 Å². The summed E-state index contributed by atoms with van der Waals surface area (Å²) in [4.78, 5) is 12.4. The number of rotatable bonds is 7. The molecular weight excluding hydrogens is 381 g/mol. The Kier molecular flexibility index (Phi) is 4.23. The molecule has 0 spiro atoms. The number of hydrogen-bond acceptors (Lipinski definition) is 4. The molecule has 1 aromatic carbocycles. The van der Waals surface area contributed by atoms with Crippen LogP contribution in [0.15, 0.2) is 12.1 Å². The van der Waals surface area contributed by atoms with Crippen LogP contribution >= 0.6 is 0 Å². The highest BCUT2D eigenvalue weighted by Gasteiger charge is 2.55. The number of nitrogens with one attached hydrogen (secondary N) is 1. The predicted octanol–water partition coefficient (Wildman–Crippen LogP) is 3.88. The second-order valence-corrected chi connectivity index (χ2v) is 11.1. The smallest absolute Gasteiger partial charge is 0.267 e. The van der Waals surface area contributed by atoms with Gasteiger partial charge in [-0.25, -0.2) is 17.5 Å². The van der Waals surface area contributed by atoms with Crippen LogP contribution in [0.2, 0.25) is 0 Å². The van der Waals surface area contributed by atoms with E-state index in [2.05, 4.69) is 0 Å². The third-order valence-electron chi connectivity index (χ3n) is 6.91. The molecule has 4 saturated carbocycles. The number of fused-ring (bicyclic) bond motifs is 1. The fourth-order valence-electron chi connectivity index (χ4n) is 4.71. The van der Waals surface area contributed by atoms with Gasteiger partial charge in [-0.05, 0) is 68.4 Å². The monoisotopic (exact) mass is 407 g/mol.